The molecule has 0 saturated heterocycles. The number of hydrogen-bond acceptors (Lipinski definition) is 1. The zero-order chi connectivity index (χ0) is 27.5. The molecule has 1 aromatic carbocycles. The van der Waals surface area contributed by atoms with Crippen molar-refractivity contribution in [2.45, 2.75) is 158 Å². The van der Waals surface area contributed by atoms with E-state index in [4.69, 9.17) is 0 Å². The van der Waals surface area contributed by atoms with Gasteiger partial charge in [-0.25, -0.2) is 0 Å². The fourth-order valence-electron chi connectivity index (χ4n) is 16.0. The number of rotatable bonds is 3. The summed E-state index contributed by atoms with van der Waals surface area (Å²) in [5, 5.41) is 13.2. The van der Waals surface area contributed by atoms with Crippen molar-refractivity contribution in [1.82, 2.24) is 0 Å². The lowest BCUT2D eigenvalue weighted by atomic mass is 9.42. The number of phenols is 1. The largest absolute Gasteiger partial charge is 0.507 e. The maximum absolute atomic E-state index is 13.2. The van der Waals surface area contributed by atoms with Gasteiger partial charge in [0.05, 0.1) is 0 Å². The highest BCUT2D eigenvalue weighted by molar-refractivity contribution is 5.61. The molecule has 0 radical (unpaired) electrons. The predicted molar refractivity (Wildman–Crippen MR) is 166 cm³/mol. The molecule has 0 spiro atoms. The molecule has 0 aromatic heterocycles. The van der Waals surface area contributed by atoms with Crippen LogP contribution >= 0.6 is 0 Å². The van der Waals surface area contributed by atoms with E-state index in [9.17, 15) is 5.11 Å². The van der Waals surface area contributed by atoms with E-state index in [0.717, 1.165) is 59.0 Å². The topological polar surface area (TPSA) is 20.2 Å². The van der Waals surface area contributed by atoms with E-state index in [1.165, 1.54) is 121 Å². The lowest BCUT2D eigenvalue weighted by Crippen LogP contribution is -2.54. The van der Waals surface area contributed by atoms with Gasteiger partial charge in [-0.05, 0) is 196 Å². The standard InChI is InChI=1S/C40H56O/c1-37(2,3)32-13-33(38-14-23-4-24(15-38)6-25(5-23)16-38)36(41)35(40-20-29-10-30(21-40)12-31(11-29)22-40)34(32)39-17-26-7-27(18-39)9-28(8-26)19-39/h13,23-31,41H,4-12,14-22H2,1-3H3. The van der Waals surface area contributed by atoms with E-state index < -0.39 is 0 Å². The van der Waals surface area contributed by atoms with E-state index >= 15 is 0 Å². The quantitative estimate of drug-likeness (QED) is 0.395. The van der Waals surface area contributed by atoms with Crippen molar-refractivity contribution in [3.63, 3.8) is 0 Å². The molecule has 0 atom stereocenters. The lowest BCUT2D eigenvalue weighted by Gasteiger charge is -2.62. The van der Waals surface area contributed by atoms with Crippen LogP contribution in [0.5, 0.6) is 5.75 Å². The first-order valence-electron chi connectivity index (χ1n) is 18.5. The Hall–Kier alpha value is -0.980. The monoisotopic (exact) mass is 552 g/mol. The highest BCUT2D eigenvalue weighted by Crippen LogP contribution is 2.70. The molecule has 13 rings (SSSR count). The molecule has 0 aliphatic heterocycles. The Bertz CT molecular complexity index is 1180. The molecule has 222 valence electrons. The molecule has 1 heteroatoms. The molecular formula is C40H56O. The van der Waals surface area contributed by atoms with E-state index in [2.05, 4.69) is 26.8 Å². The van der Waals surface area contributed by atoms with E-state index in [0.29, 0.717) is 5.41 Å². The Kier molecular flexibility index (Phi) is 4.94. The van der Waals surface area contributed by atoms with Crippen molar-refractivity contribution in [3.05, 3.63) is 28.3 Å². The van der Waals surface area contributed by atoms with Crippen LogP contribution in [0.1, 0.15) is 159 Å². The average molecular weight is 553 g/mol. The minimum absolute atomic E-state index is 0.125. The molecule has 0 heterocycles. The summed E-state index contributed by atoms with van der Waals surface area (Å²) in [6.45, 7) is 7.61. The molecule has 12 saturated carbocycles. The molecule has 0 amide bonds. The first kappa shape index (κ1) is 25.4. The summed E-state index contributed by atoms with van der Waals surface area (Å²) in [4.78, 5) is 0. The summed E-state index contributed by atoms with van der Waals surface area (Å²) in [5.41, 5.74) is 7.54. The van der Waals surface area contributed by atoms with E-state index in [-0.39, 0.29) is 16.2 Å². The third-order valence-electron chi connectivity index (χ3n) is 15.9. The molecule has 1 nitrogen and oxygen atoms in total. The van der Waals surface area contributed by atoms with Crippen LogP contribution in [0.15, 0.2) is 6.07 Å². The van der Waals surface area contributed by atoms with E-state index in [1.54, 1.807) is 16.7 Å². The number of benzene rings is 1. The summed E-state index contributed by atoms with van der Waals surface area (Å²) in [6.07, 6.45) is 26.0. The van der Waals surface area contributed by atoms with Crippen LogP contribution in [0.4, 0.5) is 0 Å². The summed E-state index contributed by atoms with van der Waals surface area (Å²) in [6, 6.07) is 2.72. The Morgan fingerprint density at radius 2 is 0.780 bits per heavy atom. The Balaban J connectivity index is 1.25. The Labute approximate surface area is 250 Å². The minimum atomic E-state index is 0.125. The third kappa shape index (κ3) is 3.48. The summed E-state index contributed by atoms with van der Waals surface area (Å²) < 4.78 is 0. The zero-order valence-electron chi connectivity index (χ0n) is 26.4. The van der Waals surface area contributed by atoms with Crippen molar-refractivity contribution in [2.75, 3.05) is 0 Å². The highest BCUT2D eigenvalue weighted by Gasteiger charge is 2.60. The van der Waals surface area contributed by atoms with E-state index in [1.807, 2.05) is 0 Å². The molecule has 12 bridgehead atoms. The molecule has 1 aromatic rings. The van der Waals surface area contributed by atoms with Gasteiger partial charge in [0.1, 0.15) is 5.75 Å². The molecule has 41 heavy (non-hydrogen) atoms. The van der Waals surface area contributed by atoms with Crippen molar-refractivity contribution in [1.29, 1.82) is 0 Å². The van der Waals surface area contributed by atoms with Crippen LogP contribution in [-0.2, 0) is 21.7 Å². The highest BCUT2D eigenvalue weighted by atomic mass is 16.3. The van der Waals surface area contributed by atoms with Gasteiger partial charge in [0, 0.05) is 16.5 Å². The SMILES string of the molecule is CC(C)(C)c1cc(C23CC4CC(CC(C4)C2)C3)c(O)c(C23CC4CC(CC(C4)C2)C3)c1C12CC3CC(CC(C3)C1)C2. The first-order chi connectivity index (χ1) is 19.6. The third-order valence-corrected chi connectivity index (χ3v) is 15.9. The minimum Gasteiger partial charge on any atom is -0.507 e. The maximum atomic E-state index is 13.2. The fraction of sp³-hybridized carbons (Fsp3) is 0.850. The summed E-state index contributed by atoms with van der Waals surface area (Å²) in [7, 11) is 0. The second-order valence-electron chi connectivity index (χ2n) is 19.9. The number of phenolic OH excluding ortho intramolecular Hbond substituents is 1. The van der Waals surface area contributed by atoms with Crippen LogP contribution in [0.2, 0.25) is 0 Å². The van der Waals surface area contributed by atoms with Gasteiger partial charge < -0.3 is 5.11 Å². The Morgan fingerprint density at radius 3 is 1.10 bits per heavy atom. The molecule has 1 N–H and O–H groups in total. The van der Waals surface area contributed by atoms with Gasteiger partial charge in [0.25, 0.3) is 0 Å². The second kappa shape index (κ2) is 7.99. The van der Waals surface area contributed by atoms with Crippen molar-refractivity contribution < 1.29 is 5.11 Å². The predicted octanol–water partition coefficient (Wildman–Crippen LogP) is 10.1. The molecular weight excluding hydrogens is 496 g/mol. The normalized spacial score (nSPS) is 52.1. The maximum Gasteiger partial charge on any atom is 0.123 e. The first-order valence-corrected chi connectivity index (χ1v) is 18.5. The van der Waals surface area contributed by atoms with Crippen LogP contribution in [0, 0.1) is 53.3 Å². The van der Waals surface area contributed by atoms with Crippen molar-refractivity contribution in [3.8, 4) is 5.75 Å². The van der Waals surface area contributed by atoms with Gasteiger partial charge in [-0.3, -0.25) is 0 Å². The van der Waals surface area contributed by atoms with Crippen LogP contribution < -0.4 is 0 Å². The summed E-state index contributed by atoms with van der Waals surface area (Å²) >= 11 is 0. The van der Waals surface area contributed by atoms with Crippen LogP contribution in [-0.4, -0.2) is 5.11 Å². The smallest absolute Gasteiger partial charge is 0.123 e. The van der Waals surface area contributed by atoms with Gasteiger partial charge in [-0.15, -0.1) is 0 Å². The number of hydrogen-bond donors (Lipinski definition) is 1. The molecule has 12 fully saturated rings. The summed E-state index contributed by atoms with van der Waals surface area (Å²) in [5.74, 6) is 9.25. The molecule has 0 unspecified atom stereocenters. The van der Waals surface area contributed by atoms with Crippen LogP contribution in [0.3, 0.4) is 0 Å². The van der Waals surface area contributed by atoms with Gasteiger partial charge in [0.15, 0.2) is 0 Å². The number of aromatic hydroxyl groups is 1. The van der Waals surface area contributed by atoms with Crippen molar-refractivity contribution in [2.24, 2.45) is 53.3 Å². The lowest BCUT2D eigenvalue weighted by molar-refractivity contribution is -0.0203. The van der Waals surface area contributed by atoms with Gasteiger partial charge in [-0.2, -0.15) is 0 Å². The Morgan fingerprint density at radius 1 is 0.488 bits per heavy atom. The van der Waals surface area contributed by atoms with Crippen LogP contribution in [0.25, 0.3) is 0 Å². The zero-order valence-corrected chi connectivity index (χ0v) is 26.4. The van der Waals surface area contributed by atoms with Gasteiger partial charge in [0.2, 0.25) is 0 Å². The van der Waals surface area contributed by atoms with Crippen molar-refractivity contribution >= 4 is 0 Å². The van der Waals surface area contributed by atoms with Gasteiger partial charge >= 0.3 is 0 Å². The second-order valence-corrected chi connectivity index (χ2v) is 19.9. The average Bonchev–Trinajstić information content (AvgIpc) is 2.85. The van der Waals surface area contributed by atoms with Gasteiger partial charge in [-0.1, -0.05) is 26.8 Å². The fourth-order valence-corrected chi connectivity index (χ4v) is 16.0. The molecule has 12 aliphatic rings. The molecule has 12 aliphatic carbocycles.